The van der Waals surface area contributed by atoms with Crippen molar-refractivity contribution in [3.63, 3.8) is 0 Å². The Morgan fingerprint density at radius 2 is 1.48 bits per heavy atom. The van der Waals surface area contributed by atoms with Gasteiger partial charge in [0.25, 0.3) is 0 Å². The summed E-state index contributed by atoms with van der Waals surface area (Å²) in [4.78, 5) is 21.9. The number of rotatable bonds is 13. The lowest BCUT2D eigenvalue weighted by atomic mass is 9.85. The number of amides is 1. The molecule has 0 aromatic heterocycles. The van der Waals surface area contributed by atoms with Crippen LogP contribution in [-0.2, 0) is 16.0 Å². The molecule has 2 heterocycles. The van der Waals surface area contributed by atoms with Crippen molar-refractivity contribution in [2.24, 2.45) is 5.92 Å². The highest BCUT2D eigenvalue weighted by atomic mass is 32.2. The molecule has 246 valence electrons. The predicted octanol–water partition coefficient (Wildman–Crippen LogP) is 6.48. The molecule has 3 aromatic rings. The van der Waals surface area contributed by atoms with Gasteiger partial charge in [0, 0.05) is 56.8 Å². The number of carbonyl (C=O) groups excluding carboxylic acids is 1. The summed E-state index contributed by atoms with van der Waals surface area (Å²) in [5.74, 6) is 2.87. The maximum atomic E-state index is 14.0. The number of anilines is 1. The summed E-state index contributed by atoms with van der Waals surface area (Å²) < 4.78 is 22.0. The number of carbonyl (C=O) groups is 1. The Balaban J connectivity index is 1.13. The summed E-state index contributed by atoms with van der Waals surface area (Å²) in [5.41, 5.74) is 3.03. The van der Waals surface area contributed by atoms with Gasteiger partial charge in [-0.25, -0.2) is 0 Å². The van der Waals surface area contributed by atoms with Crippen molar-refractivity contribution in [3.8, 4) is 23.0 Å². The van der Waals surface area contributed by atoms with Gasteiger partial charge in [0.05, 0.1) is 33.3 Å². The zero-order valence-electron chi connectivity index (χ0n) is 28.0. The van der Waals surface area contributed by atoms with Crippen molar-refractivity contribution < 1.29 is 23.7 Å². The molecule has 1 saturated heterocycles. The Hall–Kier alpha value is -3.66. The predicted molar refractivity (Wildman–Crippen MR) is 186 cm³/mol. The van der Waals surface area contributed by atoms with Gasteiger partial charge in [-0.05, 0) is 60.7 Å². The van der Waals surface area contributed by atoms with Crippen molar-refractivity contribution in [3.05, 3.63) is 84.1 Å². The monoisotopic (exact) mass is 645 g/mol. The molecule has 2 aliphatic heterocycles. The molecule has 1 amide bonds. The zero-order valence-corrected chi connectivity index (χ0v) is 28.8. The zero-order chi connectivity index (χ0) is 32.7. The highest BCUT2D eigenvalue weighted by molar-refractivity contribution is 8.01. The minimum absolute atomic E-state index is 0.0510. The smallest absolute Gasteiger partial charge is 0.248 e. The molecule has 0 bridgehead atoms. The van der Waals surface area contributed by atoms with Crippen LogP contribution in [0.1, 0.15) is 31.4 Å². The molecule has 5 rings (SSSR count). The largest absolute Gasteiger partial charge is 0.493 e. The topological polar surface area (TPSA) is 63.7 Å². The van der Waals surface area contributed by atoms with Crippen LogP contribution in [0.5, 0.6) is 23.0 Å². The van der Waals surface area contributed by atoms with Gasteiger partial charge in [0.2, 0.25) is 11.7 Å². The Bertz CT molecular complexity index is 1500. The fourth-order valence-electron chi connectivity index (χ4n) is 6.37. The number of hydrogen-bond donors (Lipinski definition) is 0. The maximum absolute atomic E-state index is 14.0. The maximum Gasteiger partial charge on any atom is 0.248 e. The highest BCUT2D eigenvalue weighted by Crippen LogP contribution is 2.56. The van der Waals surface area contributed by atoms with Crippen LogP contribution >= 0.6 is 11.8 Å². The molecule has 2 aliphatic rings. The molecule has 0 unspecified atom stereocenters. The van der Waals surface area contributed by atoms with Crippen LogP contribution in [0.3, 0.4) is 0 Å². The molecule has 0 spiro atoms. The number of ether oxygens (including phenoxy) is 4. The van der Waals surface area contributed by atoms with Crippen molar-refractivity contribution in [2.75, 3.05) is 72.5 Å². The lowest BCUT2D eigenvalue weighted by Crippen LogP contribution is -2.49. The van der Waals surface area contributed by atoms with Gasteiger partial charge < -0.3 is 33.6 Å². The third-order valence-corrected chi connectivity index (χ3v) is 10.8. The van der Waals surface area contributed by atoms with Crippen molar-refractivity contribution >= 4 is 23.4 Å². The average Bonchev–Trinajstić information content (AvgIpc) is 3.08. The quantitative estimate of drug-likeness (QED) is 0.196. The van der Waals surface area contributed by atoms with Crippen molar-refractivity contribution in [2.45, 2.75) is 36.3 Å². The number of nitrogens with zero attached hydrogens (tertiary/aromatic N) is 3. The van der Waals surface area contributed by atoms with Gasteiger partial charge in [-0.3, -0.25) is 4.79 Å². The van der Waals surface area contributed by atoms with Crippen LogP contribution in [0.15, 0.2) is 77.9 Å². The first-order valence-electron chi connectivity index (χ1n) is 16.0. The SMILES string of the molecule is COc1cc(CCN2CCN(CCC=COc3ccccc3[C@@]3(C(C)C)Sc4ccccc4N(C)C3=O)CC2)cc(OC)c1OC. The van der Waals surface area contributed by atoms with Crippen LogP contribution in [0.2, 0.25) is 0 Å². The van der Waals surface area contributed by atoms with E-state index >= 15 is 0 Å². The molecular weight excluding hydrogens is 598 g/mol. The van der Waals surface area contributed by atoms with Crippen molar-refractivity contribution in [1.82, 2.24) is 9.80 Å². The second-order valence-corrected chi connectivity index (χ2v) is 13.4. The number of hydrogen-bond acceptors (Lipinski definition) is 8. The number of thioether (sulfide) groups is 1. The molecule has 1 fully saturated rings. The second kappa shape index (κ2) is 15.3. The van der Waals surface area contributed by atoms with Gasteiger partial charge in [0.15, 0.2) is 11.5 Å². The summed E-state index contributed by atoms with van der Waals surface area (Å²) >= 11 is 1.64. The highest BCUT2D eigenvalue weighted by Gasteiger charge is 2.51. The number of para-hydroxylation sites is 2. The third-order valence-electron chi connectivity index (χ3n) is 9.03. The number of methoxy groups -OCH3 is 3. The summed E-state index contributed by atoms with van der Waals surface area (Å²) in [6, 6.07) is 20.2. The molecular formula is C37H47N3O5S. The van der Waals surface area contributed by atoms with E-state index in [1.165, 1.54) is 5.56 Å². The van der Waals surface area contributed by atoms with Crippen LogP contribution in [0.25, 0.3) is 0 Å². The molecule has 3 aromatic carbocycles. The molecule has 0 N–H and O–H groups in total. The van der Waals surface area contributed by atoms with E-state index in [1.807, 2.05) is 61.6 Å². The summed E-state index contributed by atoms with van der Waals surface area (Å²) in [6.07, 6.45) is 5.69. The minimum atomic E-state index is -0.779. The van der Waals surface area contributed by atoms with E-state index in [-0.39, 0.29) is 11.8 Å². The lowest BCUT2D eigenvalue weighted by molar-refractivity contribution is -0.122. The van der Waals surface area contributed by atoms with E-state index in [1.54, 1.807) is 44.3 Å². The molecule has 1 atom stereocenters. The molecule has 0 radical (unpaired) electrons. The first kappa shape index (κ1) is 33.7. The van der Waals surface area contributed by atoms with Gasteiger partial charge in [0.1, 0.15) is 10.5 Å². The lowest BCUT2D eigenvalue weighted by Gasteiger charge is -2.43. The molecule has 8 nitrogen and oxygen atoms in total. The fourth-order valence-corrected chi connectivity index (χ4v) is 7.91. The van der Waals surface area contributed by atoms with Crippen LogP contribution < -0.4 is 23.8 Å². The van der Waals surface area contributed by atoms with Crippen LogP contribution in [0, 0.1) is 5.92 Å². The Labute approximate surface area is 278 Å². The summed E-state index contributed by atoms with van der Waals surface area (Å²) in [5, 5.41) is 0. The van der Waals surface area contributed by atoms with E-state index in [0.717, 1.165) is 74.0 Å². The molecule has 0 saturated carbocycles. The van der Waals surface area contributed by atoms with E-state index in [0.29, 0.717) is 17.2 Å². The first-order valence-corrected chi connectivity index (χ1v) is 16.8. The normalized spacial score (nSPS) is 19.0. The number of benzene rings is 3. The van der Waals surface area contributed by atoms with E-state index in [4.69, 9.17) is 18.9 Å². The second-order valence-electron chi connectivity index (χ2n) is 12.1. The third kappa shape index (κ3) is 7.01. The van der Waals surface area contributed by atoms with Crippen LogP contribution in [0.4, 0.5) is 5.69 Å². The van der Waals surface area contributed by atoms with Gasteiger partial charge in [-0.1, -0.05) is 44.2 Å². The van der Waals surface area contributed by atoms with E-state index in [2.05, 4.69) is 35.8 Å². The van der Waals surface area contributed by atoms with Crippen LogP contribution in [-0.4, -0.2) is 83.4 Å². The Kier molecular flexibility index (Phi) is 11.2. The molecule has 0 aliphatic carbocycles. The minimum Gasteiger partial charge on any atom is -0.493 e. The van der Waals surface area contributed by atoms with E-state index < -0.39 is 4.75 Å². The van der Waals surface area contributed by atoms with E-state index in [9.17, 15) is 4.79 Å². The fraction of sp³-hybridized carbons (Fsp3) is 0.432. The van der Waals surface area contributed by atoms with Gasteiger partial charge in [-0.15, -0.1) is 11.8 Å². The van der Waals surface area contributed by atoms with Crippen molar-refractivity contribution in [1.29, 1.82) is 0 Å². The molecule has 9 heteroatoms. The number of likely N-dealkylation sites (N-methyl/N-ethyl adjacent to an activating group) is 1. The summed E-state index contributed by atoms with van der Waals surface area (Å²) in [7, 11) is 6.80. The number of piperazine rings is 1. The molecule has 46 heavy (non-hydrogen) atoms. The Morgan fingerprint density at radius 1 is 0.848 bits per heavy atom. The average molecular weight is 646 g/mol. The number of fused-ring (bicyclic) bond motifs is 1. The summed E-state index contributed by atoms with van der Waals surface area (Å²) in [6.45, 7) is 10.4. The van der Waals surface area contributed by atoms with Gasteiger partial charge >= 0.3 is 0 Å². The Morgan fingerprint density at radius 3 is 2.13 bits per heavy atom. The first-order chi connectivity index (χ1) is 22.3. The standard InChI is InChI=1S/C37H47N3O5S/c1-27(2)37(36(41)38(3)30-14-8-10-16-34(30)46-37)29-13-7-9-15-31(29)45-24-12-11-18-39-20-22-40(23-21-39)19-17-28-25-32(42-4)35(44-6)33(26-28)43-5/h7-10,12-16,24-27H,11,17-23H2,1-6H3/t37-/m1/s1. The van der Waals surface area contributed by atoms with Gasteiger partial charge in [-0.2, -0.15) is 0 Å².